The van der Waals surface area contributed by atoms with Gasteiger partial charge in [0, 0.05) is 49.8 Å². The van der Waals surface area contributed by atoms with Crippen molar-refractivity contribution >= 4 is 23.3 Å². The van der Waals surface area contributed by atoms with Gasteiger partial charge in [-0.25, -0.2) is 9.59 Å². The molecule has 0 radical (unpaired) electrons. The van der Waals surface area contributed by atoms with Crippen LogP contribution in [0.4, 0.5) is 4.79 Å². The Bertz CT molecular complexity index is 651. The predicted molar refractivity (Wildman–Crippen MR) is 101 cm³/mol. The lowest BCUT2D eigenvalue weighted by Gasteiger charge is -2.35. The molecule has 0 unspecified atom stereocenters. The average molecular weight is 378 g/mol. The van der Waals surface area contributed by atoms with E-state index < -0.39 is 0 Å². The number of nitrogens with one attached hydrogen (secondary N) is 2. The Kier molecular flexibility index (Phi) is 6.65. The van der Waals surface area contributed by atoms with Crippen LogP contribution in [-0.2, 0) is 16.0 Å². The molecule has 3 heterocycles. The van der Waals surface area contributed by atoms with Crippen LogP contribution in [0.3, 0.4) is 0 Å². The van der Waals surface area contributed by atoms with Crippen LogP contribution >= 0.6 is 11.3 Å². The molecule has 2 aliphatic heterocycles. The summed E-state index contributed by atoms with van der Waals surface area (Å²) in [5.74, 6) is -0.357. The minimum absolute atomic E-state index is 0.223. The van der Waals surface area contributed by atoms with E-state index in [4.69, 9.17) is 4.74 Å². The third kappa shape index (κ3) is 5.06. The number of esters is 1. The van der Waals surface area contributed by atoms with Crippen molar-refractivity contribution in [3.63, 3.8) is 0 Å². The van der Waals surface area contributed by atoms with Crippen LogP contribution in [0.1, 0.15) is 11.8 Å². The molecule has 0 aromatic carbocycles. The molecular weight excluding hydrogens is 352 g/mol. The van der Waals surface area contributed by atoms with Gasteiger partial charge in [-0.05, 0) is 24.8 Å². The van der Waals surface area contributed by atoms with E-state index in [1.807, 2.05) is 11.3 Å². The zero-order chi connectivity index (χ0) is 18.4. The first-order valence-corrected chi connectivity index (χ1v) is 9.94. The fraction of sp³-hybridized carbons (Fsp3) is 0.556. The summed E-state index contributed by atoms with van der Waals surface area (Å²) in [6, 6.07) is 4.02. The van der Waals surface area contributed by atoms with Crippen LogP contribution in [0.5, 0.6) is 0 Å². The zero-order valence-corrected chi connectivity index (χ0v) is 15.9. The molecule has 1 saturated heterocycles. The van der Waals surface area contributed by atoms with E-state index in [-0.39, 0.29) is 18.5 Å². The van der Waals surface area contributed by atoms with E-state index >= 15 is 0 Å². The van der Waals surface area contributed by atoms with Crippen LogP contribution in [0.25, 0.3) is 0 Å². The van der Waals surface area contributed by atoms with Gasteiger partial charge in [-0.3, -0.25) is 4.90 Å². The average Bonchev–Trinajstić information content (AvgIpc) is 3.15. The normalized spacial score (nSPS) is 19.2. The molecule has 2 aliphatic rings. The number of urea groups is 1. The van der Waals surface area contributed by atoms with Crippen molar-refractivity contribution in [2.45, 2.75) is 13.3 Å². The van der Waals surface area contributed by atoms with Gasteiger partial charge in [0.1, 0.15) is 0 Å². The van der Waals surface area contributed by atoms with Gasteiger partial charge in [0.2, 0.25) is 0 Å². The van der Waals surface area contributed by atoms with Crippen LogP contribution in [-0.4, -0.2) is 74.2 Å². The number of carbonyl (C=O) groups is 2. The molecule has 0 bridgehead atoms. The molecule has 1 aromatic heterocycles. The van der Waals surface area contributed by atoms with Gasteiger partial charge in [0.15, 0.2) is 0 Å². The quantitative estimate of drug-likeness (QED) is 0.694. The van der Waals surface area contributed by atoms with Crippen molar-refractivity contribution in [1.82, 2.24) is 20.4 Å². The Balaban J connectivity index is 1.51. The highest BCUT2D eigenvalue weighted by atomic mass is 32.1. The second kappa shape index (κ2) is 9.16. The molecule has 26 heavy (non-hydrogen) atoms. The van der Waals surface area contributed by atoms with E-state index in [2.05, 4.69) is 37.9 Å². The first-order valence-electron chi connectivity index (χ1n) is 9.06. The minimum Gasteiger partial charge on any atom is -0.463 e. The van der Waals surface area contributed by atoms with Gasteiger partial charge in [0.25, 0.3) is 0 Å². The molecule has 7 nitrogen and oxygen atoms in total. The summed E-state index contributed by atoms with van der Waals surface area (Å²) in [7, 11) is 0. The number of rotatable bonds is 7. The van der Waals surface area contributed by atoms with Crippen LogP contribution in [0.15, 0.2) is 28.8 Å². The fourth-order valence-corrected chi connectivity index (χ4v) is 3.90. The first kappa shape index (κ1) is 18.9. The number of carbonyl (C=O) groups excluding carboxylic acids is 2. The molecule has 0 spiro atoms. The maximum absolute atomic E-state index is 12.1. The van der Waals surface area contributed by atoms with Crippen molar-refractivity contribution in [3.05, 3.63) is 33.7 Å². The Morgan fingerprint density at radius 3 is 2.73 bits per heavy atom. The highest BCUT2D eigenvalue weighted by molar-refractivity contribution is 7.09. The van der Waals surface area contributed by atoms with Crippen molar-refractivity contribution in [1.29, 1.82) is 0 Å². The number of hydrogen-bond donors (Lipinski definition) is 2. The Morgan fingerprint density at radius 2 is 2.04 bits per heavy atom. The molecular formula is C18H26N4O3S. The van der Waals surface area contributed by atoms with Crippen LogP contribution in [0.2, 0.25) is 0 Å². The lowest BCUT2D eigenvalue weighted by molar-refractivity contribution is -0.138. The van der Waals surface area contributed by atoms with E-state index in [0.29, 0.717) is 24.4 Å². The number of thiophene rings is 1. The molecule has 2 N–H and O–H groups in total. The molecule has 0 atom stereocenters. The van der Waals surface area contributed by atoms with Crippen LogP contribution in [0, 0.1) is 0 Å². The van der Waals surface area contributed by atoms with Gasteiger partial charge >= 0.3 is 12.0 Å². The summed E-state index contributed by atoms with van der Waals surface area (Å²) < 4.78 is 5.11. The summed E-state index contributed by atoms with van der Waals surface area (Å²) >= 11 is 1.81. The lowest BCUT2D eigenvalue weighted by atomic mass is 10.1. The van der Waals surface area contributed by atoms with E-state index in [1.54, 1.807) is 6.92 Å². The smallest absolute Gasteiger partial charge is 0.337 e. The third-order valence-electron chi connectivity index (χ3n) is 4.68. The summed E-state index contributed by atoms with van der Waals surface area (Å²) in [6.45, 7) is 7.82. The first-order chi connectivity index (χ1) is 12.7. The van der Waals surface area contributed by atoms with Crippen molar-refractivity contribution in [3.8, 4) is 0 Å². The van der Waals surface area contributed by atoms with Gasteiger partial charge in [-0.15, -0.1) is 11.3 Å². The molecule has 3 rings (SSSR count). The van der Waals surface area contributed by atoms with Crippen molar-refractivity contribution in [2.24, 2.45) is 0 Å². The standard InChI is InChI=1S/C18H26N4O3S/c1-2-25-17(23)15-12-19-18(24)20-16(15)13-22-9-7-21(8-10-22)6-5-14-4-3-11-26-14/h3-4,11H,2,5-10,12-13H2,1H3,(H2,19,20,24). The zero-order valence-electron chi connectivity index (χ0n) is 15.1. The topological polar surface area (TPSA) is 73.9 Å². The predicted octanol–water partition coefficient (Wildman–Crippen LogP) is 1.04. The fourth-order valence-electron chi connectivity index (χ4n) is 3.20. The summed E-state index contributed by atoms with van der Waals surface area (Å²) in [4.78, 5) is 29.9. The molecule has 1 aromatic rings. The molecule has 142 valence electrons. The molecule has 8 heteroatoms. The van der Waals surface area contributed by atoms with Gasteiger partial charge < -0.3 is 20.3 Å². The SMILES string of the molecule is CCOC(=O)C1=C(CN2CCN(CCc3cccs3)CC2)NC(=O)NC1. The monoisotopic (exact) mass is 378 g/mol. The number of piperazine rings is 1. The molecule has 0 aliphatic carbocycles. The summed E-state index contributed by atoms with van der Waals surface area (Å²) in [5, 5.41) is 7.54. The van der Waals surface area contributed by atoms with Crippen molar-refractivity contribution < 1.29 is 14.3 Å². The lowest BCUT2D eigenvalue weighted by Crippen LogP contribution is -2.51. The van der Waals surface area contributed by atoms with Gasteiger partial charge in [-0.2, -0.15) is 0 Å². The largest absolute Gasteiger partial charge is 0.463 e. The minimum atomic E-state index is -0.357. The highest BCUT2D eigenvalue weighted by Gasteiger charge is 2.26. The molecule has 0 saturated carbocycles. The van der Waals surface area contributed by atoms with Crippen molar-refractivity contribution in [2.75, 3.05) is 52.4 Å². The second-order valence-electron chi connectivity index (χ2n) is 6.43. The van der Waals surface area contributed by atoms with E-state index in [1.165, 1.54) is 4.88 Å². The van der Waals surface area contributed by atoms with E-state index in [0.717, 1.165) is 39.1 Å². The highest BCUT2D eigenvalue weighted by Crippen LogP contribution is 2.13. The second-order valence-corrected chi connectivity index (χ2v) is 7.46. The Hall–Kier alpha value is -1.90. The Morgan fingerprint density at radius 1 is 1.27 bits per heavy atom. The van der Waals surface area contributed by atoms with E-state index in [9.17, 15) is 9.59 Å². The van der Waals surface area contributed by atoms with Gasteiger partial charge in [0.05, 0.1) is 18.7 Å². The van der Waals surface area contributed by atoms with Crippen LogP contribution < -0.4 is 10.6 Å². The number of nitrogens with zero attached hydrogens (tertiary/aromatic N) is 2. The third-order valence-corrected chi connectivity index (χ3v) is 5.61. The van der Waals surface area contributed by atoms with Gasteiger partial charge in [-0.1, -0.05) is 6.07 Å². The Labute approximate surface area is 158 Å². The molecule has 1 fully saturated rings. The number of amides is 2. The molecule has 2 amide bonds. The number of ether oxygens (including phenoxy) is 1. The number of hydrogen-bond acceptors (Lipinski definition) is 6. The summed E-state index contributed by atoms with van der Waals surface area (Å²) in [6.07, 6.45) is 1.09. The maximum atomic E-state index is 12.1. The maximum Gasteiger partial charge on any atom is 0.337 e. The summed E-state index contributed by atoms with van der Waals surface area (Å²) in [5.41, 5.74) is 1.19.